The molecular formula is C14H14N6. The molecule has 0 atom stereocenters. The molecule has 0 spiro atoms. The smallest absolute Gasteiger partial charge is 0.169 e. The summed E-state index contributed by atoms with van der Waals surface area (Å²) in [6.07, 6.45) is 3.86. The Balaban J connectivity index is 1.83. The van der Waals surface area contributed by atoms with Crippen LogP contribution in [0.4, 0.5) is 5.82 Å². The van der Waals surface area contributed by atoms with Crippen molar-refractivity contribution in [3.8, 4) is 17.1 Å². The van der Waals surface area contributed by atoms with Gasteiger partial charge in [-0.05, 0) is 18.6 Å². The van der Waals surface area contributed by atoms with Crippen molar-refractivity contribution in [2.45, 2.75) is 19.4 Å². The summed E-state index contributed by atoms with van der Waals surface area (Å²) < 4.78 is 3.86. The molecule has 0 amide bonds. The van der Waals surface area contributed by atoms with Crippen LogP contribution in [0.5, 0.6) is 0 Å². The molecule has 0 unspecified atom stereocenters. The van der Waals surface area contributed by atoms with Crippen molar-refractivity contribution in [1.29, 1.82) is 0 Å². The lowest BCUT2D eigenvalue weighted by atomic mass is 10.3. The van der Waals surface area contributed by atoms with Crippen LogP contribution in [0.1, 0.15) is 12.2 Å². The molecule has 0 bridgehead atoms. The van der Waals surface area contributed by atoms with Gasteiger partial charge in [0.05, 0.1) is 17.4 Å². The Hall–Kier alpha value is -2.63. The fourth-order valence-corrected chi connectivity index (χ4v) is 2.65. The van der Waals surface area contributed by atoms with E-state index in [1.54, 1.807) is 10.9 Å². The normalized spacial score (nSPS) is 13.6. The van der Waals surface area contributed by atoms with Gasteiger partial charge in [-0.2, -0.15) is 5.10 Å². The van der Waals surface area contributed by atoms with E-state index in [2.05, 4.69) is 19.9 Å². The highest BCUT2D eigenvalue weighted by atomic mass is 15.3. The van der Waals surface area contributed by atoms with Crippen LogP contribution in [-0.2, 0) is 13.0 Å². The summed E-state index contributed by atoms with van der Waals surface area (Å²) in [7, 11) is 0. The predicted octanol–water partition coefficient (Wildman–Crippen LogP) is 1.66. The summed E-state index contributed by atoms with van der Waals surface area (Å²) in [5.74, 6) is 2.45. The van der Waals surface area contributed by atoms with E-state index in [9.17, 15) is 0 Å². The first kappa shape index (κ1) is 11.2. The van der Waals surface area contributed by atoms with Crippen molar-refractivity contribution in [3.05, 3.63) is 42.4 Å². The highest BCUT2D eigenvalue weighted by Gasteiger charge is 2.22. The molecule has 0 saturated carbocycles. The van der Waals surface area contributed by atoms with Crippen LogP contribution in [-0.4, -0.2) is 24.5 Å². The number of benzene rings is 1. The van der Waals surface area contributed by atoms with Crippen molar-refractivity contribution in [2.24, 2.45) is 0 Å². The van der Waals surface area contributed by atoms with Crippen LogP contribution < -0.4 is 5.73 Å². The van der Waals surface area contributed by atoms with Gasteiger partial charge >= 0.3 is 0 Å². The first-order valence-corrected chi connectivity index (χ1v) is 6.66. The van der Waals surface area contributed by atoms with Gasteiger partial charge in [-0.1, -0.05) is 18.2 Å². The van der Waals surface area contributed by atoms with Crippen LogP contribution in [0.25, 0.3) is 17.1 Å². The summed E-state index contributed by atoms with van der Waals surface area (Å²) >= 11 is 0. The molecule has 3 heterocycles. The number of nitrogen functional groups attached to an aromatic ring is 1. The third-order valence-electron chi connectivity index (χ3n) is 3.66. The van der Waals surface area contributed by atoms with Gasteiger partial charge in [0, 0.05) is 13.0 Å². The predicted molar refractivity (Wildman–Crippen MR) is 75.3 cm³/mol. The van der Waals surface area contributed by atoms with E-state index in [4.69, 9.17) is 5.73 Å². The van der Waals surface area contributed by atoms with Gasteiger partial charge in [0.1, 0.15) is 11.6 Å². The maximum atomic E-state index is 6.24. The second kappa shape index (κ2) is 4.19. The molecule has 2 N–H and O–H groups in total. The molecule has 1 aliphatic rings. The Morgan fingerprint density at radius 2 is 1.95 bits per heavy atom. The summed E-state index contributed by atoms with van der Waals surface area (Å²) in [5.41, 5.74) is 8.02. The van der Waals surface area contributed by atoms with E-state index < -0.39 is 0 Å². The second-order valence-electron chi connectivity index (χ2n) is 4.89. The molecule has 0 radical (unpaired) electrons. The molecule has 0 saturated heterocycles. The zero-order valence-electron chi connectivity index (χ0n) is 10.9. The van der Waals surface area contributed by atoms with Gasteiger partial charge in [-0.15, -0.1) is 10.2 Å². The van der Waals surface area contributed by atoms with Crippen molar-refractivity contribution in [2.75, 3.05) is 5.73 Å². The number of anilines is 1. The molecule has 1 aliphatic heterocycles. The van der Waals surface area contributed by atoms with Gasteiger partial charge in [-0.3, -0.25) is 0 Å². The zero-order valence-corrected chi connectivity index (χ0v) is 10.9. The van der Waals surface area contributed by atoms with E-state index in [1.165, 1.54) is 0 Å². The number of aromatic nitrogens is 5. The lowest BCUT2D eigenvalue weighted by Gasteiger charge is -2.05. The van der Waals surface area contributed by atoms with Crippen LogP contribution >= 0.6 is 0 Å². The third kappa shape index (κ3) is 1.54. The Labute approximate surface area is 115 Å². The number of hydrogen-bond donors (Lipinski definition) is 1. The molecule has 20 heavy (non-hydrogen) atoms. The van der Waals surface area contributed by atoms with Crippen molar-refractivity contribution < 1.29 is 0 Å². The number of hydrogen-bond acceptors (Lipinski definition) is 4. The van der Waals surface area contributed by atoms with Gasteiger partial charge in [-0.25, -0.2) is 4.68 Å². The maximum absolute atomic E-state index is 6.24. The Morgan fingerprint density at radius 3 is 2.80 bits per heavy atom. The topological polar surface area (TPSA) is 74.6 Å². The summed E-state index contributed by atoms with van der Waals surface area (Å²) in [6.45, 7) is 0.952. The molecule has 1 aromatic carbocycles. The lowest BCUT2D eigenvalue weighted by molar-refractivity contribution is 0.749. The minimum atomic E-state index is 0.596. The molecular weight excluding hydrogens is 252 g/mol. The van der Waals surface area contributed by atoms with Gasteiger partial charge in [0.25, 0.3) is 0 Å². The van der Waals surface area contributed by atoms with Crippen LogP contribution in [0.15, 0.2) is 36.5 Å². The number of fused-ring (bicyclic) bond motifs is 1. The summed E-state index contributed by atoms with van der Waals surface area (Å²) in [6, 6.07) is 9.84. The summed E-state index contributed by atoms with van der Waals surface area (Å²) in [5, 5.41) is 12.9. The largest absolute Gasteiger partial charge is 0.383 e. The van der Waals surface area contributed by atoms with Gasteiger partial charge in [0.15, 0.2) is 5.82 Å². The Kier molecular flexibility index (Phi) is 2.35. The monoisotopic (exact) mass is 266 g/mol. The van der Waals surface area contributed by atoms with Crippen LogP contribution in [0.3, 0.4) is 0 Å². The fraction of sp³-hybridized carbons (Fsp3) is 0.214. The Bertz CT molecular complexity index is 755. The average molecular weight is 266 g/mol. The SMILES string of the molecule is Nc1c(-c2nnc3n2CCC3)cnn1-c1ccccc1. The minimum Gasteiger partial charge on any atom is -0.383 e. The van der Waals surface area contributed by atoms with Crippen LogP contribution in [0.2, 0.25) is 0 Å². The molecule has 4 rings (SSSR count). The fourth-order valence-electron chi connectivity index (χ4n) is 2.65. The molecule has 0 aliphatic carbocycles. The molecule has 6 nitrogen and oxygen atoms in total. The van der Waals surface area contributed by atoms with E-state index >= 15 is 0 Å². The number of nitrogens with zero attached hydrogens (tertiary/aromatic N) is 5. The van der Waals surface area contributed by atoms with Crippen LogP contribution in [0, 0.1) is 0 Å². The molecule has 6 heteroatoms. The quantitative estimate of drug-likeness (QED) is 0.765. The molecule has 3 aromatic rings. The third-order valence-corrected chi connectivity index (χ3v) is 3.66. The molecule has 100 valence electrons. The van der Waals surface area contributed by atoms with E-state index in [0.717, 1.165) is 42.3 Å². The highest BCUT2D eigenvalue weighted by Crippen LogP contribution is 2.28. The maximum Gasteiger partial charge on any atom is 0.169 e. The zero-order chi connectivity index (χ0) is 13.5. The van der Waals surface area contributed by atoms with Crippen molar-refractivity contribution >= 4 is 5.82 Å². The van der Waals surface area contributed by atoms with Crippen molar-refractivity contribution in [3.63, 3.8) is 0 Å². The summed E-state index contributed by atoms with van der Waals surface area (Å²) in [4.78, 5) is 0. The standard InChI is InChI=1S/C14H14N6/c15-13-11(14-18-17-12-7-4-8-19(12)14)9-16-20(13)10-5-2-1-3-6-10/h1-3,5-6,9H,4,7-8,15H2. The van der Waals surface area contributed by atoms with E-state index in [-0.39, 0.29) is 0 Å². The minimum absolute atomic E-state index is 0.596. The lowest BCUT2D eigenvalue weighted by Crippen LogP contribution is -2.03. The van der Waals surface area contributed by atoms with E-state index in [0.29, 0.717) is 5.82 Å². The second-order valence-corrected chi connectivity index (χ2v) is 4.89. The van der Waals surface area contributed by atoms with Gasteiger partial charge < -0.3 is 10.3 Å². The average Bonchev–Trinajstić information content (AvgIpc) is 3.15. The molecule has 2 aromatic heterocycles. The van der Waals surface area contributed by atoms with E-state index in [1.807, 2.05) is 30.3 Å². The first-order valence-electron chi connectivity index (χ1n) is 6.66. The van der Waals surface area contributed by atoms with Gasteiger partial charge in [0.2, 0.25) is 0 Å². The first-order chi connectivity index (χ1) is 9.84. The van der Waals surface area contributed by atoms with Crippen molar-refractivity contribution in [1.82, 2.24) is 24.5 Å². The number of aryl methyl sites for hydroxylation is 1. The molecule has 0 fully saturated rings. The number of para-hydroxylation sites is 1. The number of rotatable bonds is 2. The number of nitrogens with two attached hydrogens (primary N) is 1. The highest BCUT2D eigenvalue weighted by molar-refractivity contribution is 5.70. The Morgan fingerprint density at radius 1 is 1.10 bits per heavy atom.